The summed E-state index contributed by atoms with van der Waals surface area (Å²) < 4.78 is 6.19. The smallest absolute Gasteiger partial charge is 0.328 e. The lowest BCUT2D eigenvalue weighted by Gasteiger charge is -2.42. The molecule has 29 heavy (non-hydrogen) atoms. The number of aliphatic carboxylic acids is 1. The summed E-state index contributed by atoms with van der Waals surface area (Å²) in [6.07, 6.45) is 8.42. The van der Waals surface area contributed by atoms with Crippen LogP contribution < -0.4 is 4.74 Å². The van der Waals surface area contributed by atoms with Gasteiger partial charge in [-0.05, 0) is 85.6 Å². The minimum absolute atomic E-state index is 0.157. The fourth-order valence-corrected chi connectivity index (χ4v) is 4.14. The van der Waals surface area contributed by atoms with E-state index in [0.717, 1.165) is 30.6 Å². The van der Waals surface area contributed by atoms with Gasteiger partial charge in [0.15, 0.2) is 0 Å². The van der Waals surface area contributed by atoms with E-state index in [1.54, 1.807) is 0 Å². The molecule has 1 aliphatic rings. The van der Waals surface area contributed by atoms with Gasteiger partial charge in [0.25, 0.3) is 0 Å². The van der Waals surface area contributed by atoms with Crippen LogP contribution in [0.3, 0.4) is 0 Å². The van der Waals surface area contributed by atoms with Crippen molar-refractivity contribution in [2.75, 3.05) is 6.61 Å². The zero-order valence-electron chi connectivity index (χ0n) is 19.3. The van der Waals surface area contributed by atoms with Crippen LogP contribution in [0.4, 0.5) is 0 Å². The van der Waals surface area contributed by atoms with Crippen molar-refractivity contribution in [3.63, 3.8) is 0 Å². The molecule has 0 aliphatic heterocycles. The van der Waals surface area contributed by atoms with Crippen molar-refractivity contribution in [1.82, 2.24) is 0 Å². The van der Waals surface area contributed by atoms with E-state index in [9.17, 15) is 4.79 Å². The van der Waals surface area contributed by atoms with Gasteiger partial charge in [0.05, 0.1) is 6.61 Å². The predicted molar refractivity (Wildman–Crippen MR) is 122 cm³/mol. The first kappa shape index (κ1) is 23.3. The molecule has 1 aliphatic carbocycles. The second-order valence-electron chi connectivity index (χ2n) is 9.76. The molecule has 1 aromatic carbocycles. The molecule has 0 unspecified atom stereocenters. The van der Waals surface area contributed by atoms with Gasteiger partial charge in [-0.25, -0.2) is 4.79 Å². The number of allylic oxidation sites excluding steroid dienone is 3. The number of carboxylic acid groups (broad SMARTS) is 1. The van der Waals surface area contributed by atoms with Crippen molar-refractivity contribution < 1.29 is 14.6 Å². The number of hydrogen-bond acceptors (Lipinski definition) is 2. The van der Waals surface area contributed by atoms with Crippen LogP contribution in [0.25, 0.3) is 5.57 Å². The third kappa shape index (κ3) is 5.74. The molecular formula is C26H38O3. The van der Waals surface area contributed by atoms with Gasteiger partial charge in [0.1, 0.15) is 5.75 Å². The Morgan fingerprint density at radius 2 is 1.69 bits per heavy atom. The van der Waals surface area contributed by atoms with E-state index in [1.807, 2.05) is 6.92 Å². The minimum Gasteiger partial charge on any atom is -0.493 e. The maximum atomic E-state index is 10.8. The molecule has 3 heteroatoms. The number of benzene rings is 1. The van der Waals surface area contributed by atoms with E-state index < -0.39 is 5.97 Å². The first-order valence-corrected chi connectivity index (χ1v) is 10.9. The standard InChI is InChI=1S/C26H38O3/c1-8-14-29-23-17-22-21(25(4,5)12-13-26(22,6)7)16-20(23)19(3)11-9-10-18(2)15-24(27)28/h11,15-17H,8-10,12-14H2,1-7H3,(H,27,28)/b18-15+,19-11-. The van der Waals surface area contributed by atoms with Gasteiger partial charge in [-0.1, -0.05) is 46.3 Å². The summed E-state index contributed by atoms with van der Waals surface area (Å²) in [5.74, 6) is 0.0981. The fraction of sp³-hybridized carbons (Fsp3) is 0.577. The summed E-state index contributed by atoms with van der Waals surface area (Å²) in [4.78, 5) is 10.8. The van der Waals surface area contributed by atoms with E-state index in [2.05, 4.69) is 59.8 Å². The summed E-state index contributed by atoms with van der Waals surface area (Å²) >= 11 is 0. The van der Waals surface area contributed by atoms with E-state index >= 15 is 0 Å². The Labute approximate surface area is 176 Å². The SMILES string of the molecule is CCCOc1cc2c(cc1/C(C)=C\CC/C(C)=C/C(=O)O)C(C)(C)CCC2(C)C. The van der Waals surface area contributed by atoms with Gasteiger partial charge in [-0.3, -0.25) is 0 Å². The first-order chi connectivity index (χ1) is 13.5. The fourth-order valence-electron chi connectivity index (χ4n) is 4.14. The zero-order chi connectivity index (χ0) is 21.8. The monoisotopic (exact) mass is 398 g/mol. The van der Waals surface area contributed by atoms with Crippen LogP contribution in [-0.4, -0.2) is 17.7 Å². The zero-order valence-corrected chi connectivity index (χ0v) is 19.3. The lowest BCUT2D eigenvalue weighted by atomic mass is 9.62. The highest BCUT2D eigenvalue weighted by atomic mass is 16.5. The Kier molecular flexibility index (Phi) is 7.37. The number of carbonyl (C=O) groups is 1. The maximum absolute atomic E-state index is 10.8. The molecule has 1 aromatic rings. The Bertz CT molecular complexity index is 809. The van der Waals surface area contributed by atoms with Gasteiger partial charge in [0.2, 0.25) is 0 Å². The quantitative estimate of drug-likeness (QED) is 0.478. The topological polar surface area (TPSA) is 46.5 Å². The van der Waals surface area contributed by atoms with Crippen LogP contribution in [0.2, 0.25) is 0 Å². The molecule has 0 heterocycles. The van der Waals surface area contributed by atoms with Crippen molar-refractivity contribution in [2.24, 2.45) is 0 Å². The highest BCUT2D eigenvalue weighted by molar-refractivity contribution is 5.80. The molecule has 2 rings (SSSR count). The van der Waals surface area contributed by atoms with E-state index in [1.165, 1.54) is 41.2 Å². The van der Waals surface area contributed by atoms with Crippen molar-refractivity contribution in [3.8, 4) is 5.75 Å². The molecule has 1 N–H and O–H groups in total. The molecule has 0 spiro atoms. The number of rotatable bonds is 8. The van der Waals surface area contributed by atoms with Gasteiger partial charge in [0, 0.05) is 11.6 Å². The Morgan fingerprint density at radius 1 is 1.10 bits per heavy atom. The summed E-state index contributed by atoms with van der Waals surface area (Å²) in [5.41, 5.74) is 6.41. The highest BCUT2D eigenvalue weighted by Gasteiger charge is 2.38. The number of fused-ring (bicyclic) bond motifs is 1. The molecule has 0 fully saturated rings. The van der Waals surface area contributed by atoms with Crippen LogP contribution in [0, 0.1) is 0 Å². The number of ether oxygens (including phenoxy) is 1. The average molecular weight is 399 g/mol. The molecule has 0 amide bonds. The van der Waals surface area contributed by atoms with Crippen LogP contribution in [0.1, 0.15) is 97.3 Å². The summed E-state index contributed by atoms with van der Waals surface area (Å²) in [5, 5.41) is 8.88. The van der Waals surface area contributed by atoms with Crippen LogP contribution in [0.15, 0.2) is 29.9 Å². The molecule has 0 aromatic heterocycles. The van der Waals surface area contributed by atoms with Crippen LogP contribution in [-0.2, 0) is 15.6 Å². The Hall–Kier alpha value is -2.03. The Balaban J connectivity index is 2.44. The predicted octanol–water partition coefficient (Wildman–Crippen LogP) is 7.04. The van der Waals surface area contributed by atoms with Gasteiger partial charge < -0.3 is 9.84 Å². The highest BCUT2D eigenvalue weighted by Crippen LogP contribution is 2.48. The van der Waals surface area contributed by atoms with E-state index in [0.29, 0.717) is 6.61 Å². The van der Waals surface area contributed by atoms with Crippen molar-refractivity contribution in [3.05, 3.63) is 46.5 Å². The second kappa shape index (κ2) is 9.19. The molecule has 3 nitrogen and oxygen atoms in total. The maximum Gasteiger partial charge on any atom is 0.328 e. The molecule has 0 saturated carbocycles. The summed E-state index contributed by atoms with van der Waals surface area (Å²) in [7, 11) is 0. The lowest BCUT2D eigenvalue weighted by molar-refractivity contribution is -0.131. The van der Waals surface area contributed by atoms with Gasteiger partial charge in [-0.2, -0.15) is 0 Å². The van der Waals surface area contributed by atoms with Crippen molar-refractivity contribution >= 4 is 11.5 Å². The Morgan fingerprint density at radius 3 is 2.24 bits per heavy atom. The van der Waals surface area contributed by atoms with Crippen LogP contribution in [0.5, 0.6) is 5.75 Å². The third-order valence-corrected chi connectivity index (χ3v) is 6.20. The normalized spacial score (nSPS) is 18.3. The van der Waals surface area contributed by atoms with Crippen molar-refractivity contribution in [1.29, 1.82) is 0 Å². The molecule has 0 saturated heterocycles. The lowest BCUT2D eigenvalue weighted by Crippen LogP contribution is -2.34. The molecule has 0 atom stereocenters. The van der Waals surface area contributed by atoms with E-state index in [-0.39, 0.29) is 10.8 Å². The van der Waals surface area contributed by atoms with Crippen LogP contribution >= 0.6 is 0 Å². The molecule has 160 valence electrons. The van der Waals surface area contributed by atoms with Gasteiger partial charge in [-0.15, -0.1) is 0 Å². The van der Waals surface area contributed by atoms with Crippen molar-refractivity contribution in [2.45, 2.75) is 91.4 Å². The minimum atomic E-state index is -0.877. The number of hydrogen-bond donors (Lipinski definition) is 1. The summed E-state index contributed by atoms with van der Waals surface area (Å²) in [6.45, 7) is 16.2. The molecular weight excluding hydrogens is 360 g/mol. The first-order valence-electron chi connectivity index (χ1n) is 10.9. The molecule has 0 bridgehead atoms. The average Bonchev–Trinajstić information content (AvgIpc) is 2.62. The second-order valence-corrected chi connectivity index (χ2v) is 9.76. The third-order valence-electron chi connectivity index (χ3n) is 6.20. The van der Waals surface area contributed by atoms with E-state index in [4.69, 9.17) is 9.84 Å². The van der Waals surface area contributed by atoms with Gasteiger partial charge >= 0.3 is 5.97 Å². The molecule has 0 radical (unpaired) electrons. The largest absolute Gasteiger partial charge is 0.493 e. The summed E-state index contributed by atoms with van der Waals surface area (Å²) in [6, 6.07) is 4.64. The number of carboxylic acids is 1.